The highest BCUT2D eigenvalue weighted by atomic mass is 32.2. The van der Waals surface area contributed by atoms with Gasteiger partial charge in [-0.15, -0.1) is 5.10 Å². The quantitative estimate of drug-likeness (QED) is 0.832. The maximum absolute atomic E-state index is 11.6. The molecule has 0 aliphatic heterocycles. The van der Waals surface area contributed by atoms with Crippen LogP contribution in [0.2, 0.25) is 0 Å². The minimum Gasteiger partial charge on any atom is -0.316 e. The Labute approximate surface area is 115 Å². The van der Waals surface area contributed by atoms with Crippen LogP contribution in [0.1, 0.15) is 18.9 Å². The molecule has 6 nitrogen and oxygen atoms in total. The highest BCUT2D eigenvalue weighted by Crippen LogP contribution is 2.26. The Bertz CT molecular complexity index is 592. The second-order valence-corrected chi connectivity index (χ2v) is 5.02. The Morgan fingerprint density at radius 1 is 1.53 bits per heavy atom. The fourth-order valence-corrected chi connectivity index (χ4v) is 2.66. The summed E-state index contributed by atoms with van der Waals surface area (Å²) in [6, 6.07) is 3.92. The fraction of sp³-hybridized carbons (Fsp3) is 0.417. The lowest BCUT2D eigenvalue weighted by Gasteiger charge is -2.07. The summed E-state index contributed by atoms with van der Waals surface area (Å²) >= 11 is 1.41. The normalized spacial score (nSPS) is 10.8. The minimum absolute atomic E-state index is 0.171. The van der Waals surface area contributed by atoms with Gasteiger partial charge in [0.15, 0.2) is 5.16 Å². The first-order valence-corrected chi connectivity index (χ1v) is 6.99. The zero-order chi connectivity index (χ0) is 13.7. The zero-order valence-electron chi connectivity index (χ0n) is 11.0. The molecule has 2 heterocycles. The van der Waals surface area contributed by atoms with Crippen LogP contribution in [0, 0.1) is 0 Å². The molecule has 2 rings (SSSR count). The highest BCUT2D eigenvalue weighted by molar-refractivity contribution is 7.99. The third kappa shape index (κ3) is 3.24. The summed E-state index contributed by atoms with van der Waals surface area (Å²) in [5, 5.41) is 11.2. The van der Waals surface area contributed by atoms with Gasteiger partial charge in [0, 0.05) is 19.3 Å². The van der Waals surface area contributed by atoms with E-state index < -0.39 is 0 Å². The number of nitrogens with zero attached hydrogens (tertiary/aromatic N) is 3. The third-order valence-electron chi connectivity index (χ3n) is 2.58. The van der Waals surface area contributed by atoms with E-state index in [2.05, 4.69) is 20.5 Å². The van der Waals surface area contributed by atoms with Crippen molar-refractivity contribution in [1.82, 2.24) is 25.1 Å². The maximum atomic E-state index is 11.6. The van der Waals surface area contributed by atoms with Crippen LogP contribution in [-0.4, -0.2) is 26.8 Å². The van der Waals surface area contributed by atoms with E-state index in [0.29, 0.717) is 11.7 Å². The number of hydrogen-bond acceptors (Lipinski definition) is 5. The van der Waals surface area contributed by atoms with E-state index in [0.717, 1.165) is 23.6 Å². The average Bonchev–Trinajstić information content (AvgIpc) is 2.75. The van der Waals surface area contributed by atoms with Gasteiger partial charge in [-0.3, -0.25) is 4.57 Å². The number of rotatable bonds is 6. The van der Waals surface area contributed by atoms with Crippen molar-refractivity contribution in [3.8, 4) is 0 Å². The first kappa shape index (κ1) is 13.8. The lowest BCUT2D eigenvalue weighted by molar-refractivity contribution is 0.603. The van der Waals surface area contributed by atoms with Gasteiger partial charge in [0.25, 0.3) is 0 Å². The van der Waals surface area contributed by atoms with Gasteiger partial charge in [-0.1, -0.05) is 13.0 Å². The topological polar surface area (TPSA) is 75.6 Å². The van der Waals surface area contributed by atoms with E-state index in [-0.39, 0.29) is 5.69 Å². The Balaban J connectivity index is 2.28. The van der Waals surface area contributed by atoms with Crippen molar-refractivity contribution in [3.63, 3.8) is 0 Å². The highest BCUT2D eigenvalue weighted by Gasteiger charge is 2.12. The molecule has 0 atom stereocenters. The molecular formula is C12H17N5OS. The van der Waals surface area contributed by atoms with E-state index in [9.17, 15) is 4.79 Å². The first-order chi connectivity index (χ1) is 9.26. The third-order valence-corrected chi connectivity index (χ3v) is 3.63. The van der Waals surface area contributed by atoms with Crippen LogP contribution < -0.4 is 11.0 Å². The zero-order valence-corrected chi connectivity index (χ0v) is 11.8. The van der Waals surface area contributed by atoms with Gasteiger partial charge in [-0.25, -0.2) is 14.9 Å². The molecule has 2 N–H and O–H groups in total. The van der Waals surface area contributed by atoms with Gasteiger partial charge >= 0.3 is 5.69 Å². The molecule has 7 heteroatoms. The van der Waals surface area contributed by atoms with E-state index in [1.165, 1.54) is 11.8 Å². The molecule has 2 aromatic heterocycles. The summed E-state index contributed by atoms with van der Waals surface area (Å²) in [4.78, 5) is 16.0. The summed E-state index contributed by atoms with van der Waals surface area (Å²) in [5.41, 5.74) is 0.920. The van der Waals surface area contributed by atoms with Crippen LogP contribution in [0.4, 0.5) is 0 Å². The molecule has 0 fully saturated rings. The molecule has 19 heavy (non-hydrogen) atoms. The van der Waals surface area contributed by atoms with Gasteiger partial charge in [0.2, 0.25) is 0 Å². The Morgan fingerprint density at radius 2 is 2.37 bits per heavy atom. The molecule has 0 aliphatic carbocycles. The summed E-state index contributed by atoms with van der Waals surface area (Å²) in [5.74, 6) is 0. The Morgan fingerprint density at radius 3 is 3.11 bits per heavy atom. The molecule has 0 spiro atoms. The van der Waals surface area contributed by atoms with E-state index in [1.54, 1.807) is 10.8 Å². The minimum atomic E-state index is -0.171. The fourth-order valence-electron chi connectivity index (χ4n) is 1.73. The molecule has 0 aromatic carbocycles. The number of nitrogens with one attached hydrogen (secondary N) is 2. The van der Waals surface area contributed by atoms with Gasteiger partial charge in [-0.05, 0) is 36.9 Å². The molecule has 0 unspecified atom stereocenters. The lowest BCUT2D eigenvalue weighted by Crippen LogP contribution is -2.17. The van der Waals surface area contributed by atoms with E-state index in [4.69, 9.17) is 0 Å². The molecule has 102 valence electrons. The summed E-state index contributed by atoms with van der Waals surface area (Å²) in [6.07, 6.45) is 2.63. The molecule has 0 saturated carbocycles. The number of aromatic nitrogens is 4. The SMILES string of the molecule is CCCn1c(Sc2ncccc2CNC)n[nH]c1=O. The van der Waals surface area contributed by atoms with Crippen LogP contribution in [-0.2, 0) is 13.1 Å². The standard InChI is InChI=1S/C12H17N5OS/c1-3-7-17-11(18)15-16-12(17)19-10-9(8-13-2)5-4-6-14-10/h4-6,13H,3,7-8H2,1-2H3,(H,15,18). The first-order valence-electron chi connectivity index (χ1n) is 6.17. The monoisotopic (exact) mass is 279 g/mol. The molecule has 2 aromatic rings. The number of pyridine rings is 1. The second kappa shape index (κ2) is 6.53. The van der Waals surface area contributed by atoms with Crippen LogP contribution >= 0.6 is 11.8 Å². The van der Waals surface area contributed by atoms with Crippen molar-refractivity contribution in [2.24, 2.45) is 0 Å². The lowest BCUT2D eigenvalue weighted by atomic mass is 10.3. The van der Waals surface area contributed by atoms with Crippen molar-refractivity contribution >= 4 is 11.8 Å². The molecule has 0 amide bonds. The average molecular weight is 279 g/mol. The molecule has 0 aliphatic rings. The Hall–Kier alpha value is -1.60. The summed E-state index contributed by atoms with van der Waals surface area (Å²) in [6.45, 7) is 3.42. The van der Waals surface area contributed by atoms with Crippen LogP contribution in [0.25, 0.3) is 0 Å². The van der Waals surface area contributed by atoms with Crippen LogP contribution in [0.3, 0.4) is 0 Å². The number of H-pyrrole nitrogens is 1. The summed E-state index contributed by atoms with van der Waals surface area (Å²) < 4.78 is 1.64. The van der Waals surface area contributed by atoms with Crippen molar-refractivity contribution in [3.05, 3.63) is 34.4 Å². The largest absolute Gasteiger partial charge is 0.343 e. The molecule has 0 radical (unpaired) electrons. The summed E-state index contributed by atoms with van der Waals surface area (Å²) in [7, 11) is 1.89. The number of hydrogen-bond donors (Lipinski definition) is 2. The van der Waals surface area contributed by atoms with Gasteiger partial charge in [0.05, 0.1) is 0 Å². The molecular weight excluding hydrogens is 262 g/mol. The van der Waals surface area contributed by atoms with Gasteiger partial charge in [0.1, 0.15) is 5.03 Å². The van der Waals surface area contributed by atoms with E-state index in [1.807, 2.05) is 26.1 Å². The predicted molar refractivity (Wildman–Crippen MR) is 74.3 cm³/mol. The Kier molecular flexibility index (Phi) is 4.75. The van der Waals surface area contributed by atoms with E-state index >= 15 is 0 Å². The van der Waals surface area contributed by atoms with Crippen LogP contribution in [0.5, 0.6) is 0 Å². The molecule has 0 saturated heterocycles. The van der Waals surface area contributed by atoms with Crippen molar-refractivity contribution in [2.45, 2.75) is 36.6 Å². The van der Waals surface area contributed by atoms with Gasteiger partial charge < -0.3 is 5.32 Å². The number of aromatic amines is 1. The van der Waals surface area contributed by atoms with Gasteiger partial charge in [-0.2, -0.15) is 0 Å². The maximum Gasteiger partial charge on any atom is 0.343 e. The predicted octanol–water partition coefficient (Wildman–Crippen LogP) is 1.25. The van der Waals surface area contributed by atoms with Crippen molar-refractivity contribution < 1.29 is 0 Å². The van der Waals surface area contributed by atoms with Crippen molar-refractivity contribution in [1.29, 1.82) is 0 Å². The second-order valence-electron chi connectivity index (χ2n) is 4.06. The van der Waals surface area contributed by atoms with Crippen molar-refractivity contribution in [2.75, 3.05) is 7.05 Å². The van der Waals surface area contributed by atoms with Crippen LogP contribution in [0.15, 0.2) is 33.3 Å². The molecule has 0 bridgehead atoms. The smallest absolute Gasteiger partial charge is 0.316 e.